The maximum atomic E-state index is 11.0. The minimum Gasteiger partial charge on any atom is -0.489 e. The fourth-order valence-electron chi connectivity index (χ4n) is 1.91. The van der Waals surface area contributed by atoms with Gasteiger partial charge in [-0.1, -0.05) is 30.3 Å². The lowest BCUT2D eigenvalue weighted by molar-refractivity contribution is -0.116. The highest BCUT2D eigenvalue weighted by atomic mass is 16.5. The van der Waals surface area contributed by atoms with Crippen LogP contribution in [0.3, 0.4) is 0 Å². The van der Waals surface area contributed by atoms with E-state index in [4.69, 9.17) is 10.00 Å². The van der Waals surface area contributed by atoms with E-state index in [0.29, 0.717) is 18.6 Å². The summed E-state index contributed by atoms with van der Waals surface area (Å²) in [4.78, 5) is 11.0. The van der Waals surface area contributed by atoms with Gasteiger partial charge in [-0.2, -0.15) is 5.26 Å². The van der Waals surface area contributed by atoms with E-state index < -0.39 is 0 Å². The number of Topliss-reactive ketones (excluding diaryl/α,β-unsaturated/α-hetero) is 1. The van der Waals surface area contributed by atoms with Crippen LogP contribution in [0.4, 0.5) is 0 Å². The average molecular weight is 265 g/mol. The maximum absolute atomic E-state index is 11.0. The molecule has 0 fully saturated rings. The number of carbonyl (C=O) groups is 1. The van der Waals surface area contributed by atoms with Crippen molar-refractivity contribution in [2.24, 2.45) is 0 Å². The number of ether oxygens (including phenoxy) is 1. The van der Waals surface area contributed by atoms with Crippen LogP contribution in [0.15, 0.2) is 48.5 Å². The summed E-state index contributed by atoms with van der Waals surface area (Å²) in [5.41, 5.74) is 2.46. The van der Waals surface area contributed by atoms with Gasteiger partial charge in [0.25, 0.3) is 0 Å². The summed E-state index contributed by atoms with van der Waals surface area (Å²) in [6.07, 6.45) is 0.442. The zero-order chi connectivity index (χ0) is 14.4. The van der Waals surface area contributed by atoms with Crippen LogP contribution < -0.4 is 4.74 Å². The summed E-state index contributed by atoms with van der Waals surface area (Å²) >= 11 is 0. The summed E-state index contributed by atoms with van der Waals surface area (Å²) in [6, 6.07) is 17.0. The average Bonchev–Trinajstić information content (AvgIpc) is 2.46. The predicted molar refractivity (Wildman–Crippen MR) is 76.3 cm³/mol. The normalized spacial score (nSPS) is 9.80. The van der Waals surface area contributed by atoms with Gasteiger partial charge in [0.15, 0.2) is 0 Å². The maximum Gasteiger partial charge on any atom is 0.134 e. The lowest BCUT2D eigenvalue weighted by Crippen LogP contribution is -1.99. The molecule has 0 aromatic heterocycles. The first-order chi connectivity index (χ1) is 9.69. The zero-order valence-corrected chi connectivity index (χ0v) is 11.3. The SMILES string of the molecule is CC(=O)Cc1ccc(OCc2ccccc2C#N)cc1. The third kappa shape index (κ3) is 3.69. The minimum absolute atomic E-state index is 0.140. The molecule has 3 heteroatoms. The molecule has 0 spiro atoms. The number of carbonyl (C=O) groups excluding carboxylic acids is 1. The van der Waals surface area contributed by atoms with Gasteiger partial charge in [0.1, 0.15) is 18.1 Å². The number of nitrogens with zero attached hydrogens (tertiary/aromatic N) is 1. The van der Waals surface area contributed by atoms with Gasteiger partial charge in [-0.25, -0.2) is 0 Å². The Balaban J connectivity index is 2.01. The van der Waals surface area contributed by atoms with Gasteiger partial charge in [0, 0.05) is 12.0 Å². The van der Waals surface area contributed by atoms with Crippen LogP contribution in [-0.2, 0) is 17.8 Å². The Bertz CT molecular complexity index is 639. The molecule has 0 saturated carbocycles. The van der Waals surface area contributed by atoms with Crippen molar-refractivity contribution in [3.8, 4) is 11.8 Å². The molecule has 100 valence electrons. The number of ketones is 1. The molecule has 0 heterocycles. The van der Waals surface area contributed by atoms with Gasteiger partial charge in [-0.05, 0) is 30.7 Å². The fraction of sp³-hybridized carbons (Fsp3) is 0.176. The fourth-order valence-corrected chi connectivity index (χ4v) is 1.91. The minimum atomic E-state index is 0.140. The first-order valence-electron chi connectivity index (χ1n) is 6.38. The van der Waals surface area contributed by atoms with E-state index in [1.54, 1.807) is 13.0 Å². The van der Waals surface area contributed by atoms with Crippen LogP contribution in [-0.4, -0.2) is 5.78 Å². The number of rotatable bonds is 5. The highest BCUT2D eigenvalue weighted by Crippen LogP contribution is 2.16. The molecule has 0 unspecified atom stereocenters. The van der Waals surface area contributed by atoms with Crippen LogP contribution in [0, 0.1) is 11.3 Å². The van der Waals surface area contributed by atoms with E-state index in [-0.39, 0.29) is 5.78 Å². The van der Waals surface area contributed by atoms with Crippen LogP contribution in [0.2, 0.25) is 0 Å². The molecule has 0 radical (unpaired) electrons. The lowest BCUT2D eigenvalue weighted by atomic mass is 10.1. The Labute approximate surface area is 118 Å². The number of hydrogen-bond donors (Lipinski definition) is 0. The Morgan fingerprint density at radius 1 is 1.15 bits per heavy atom. The summed E-state index contributed by atoms with van der Waals surface area (Å²) in [5, 5.41) is 9.00. The van der Waals surface area contributed by atoms with Crippen molar-refractivity contribution in [2.75, 3.05) is 0 Å². The smallest absolute Gasteiger partial charge is 0.134 e. The van der Waals surface area contributed by atoms with E-state index in [0.717, 1.165) is 16.9 Å². The highest BCUT2D eigenvalue weighted by molar-refractivity contribution is 5.78. The molecule has 2 aromatic carbocycles. The van der Waals surface area contributed by atoms with Gasteiger partial charge in [-0.15, -0.1) is 0 Å². The summed E-state index contributed by atoms with van der Waals surface area (Å²) < 4.78 is 5.66. The van der Waals surface area contributed by atoms with Crippen molar-refractivity contribution < 1.29 is 9.53 Å². The molecule has 0 saturated heterocycles. The monoisotopic (exact) mass is 265 g/mol. The van der Waals surface area contributed by atoms with Crippen LogP contribution in [0.1, 0.15) is 23.6 Å². The number of hydrogen-bond acceptors (Lipinski definition) is 3. The van der Waals surface area contributed by atoms with Crippen molar-refractivity contribution in [3.63, 3.8) is 0 Å². The quantitative estimate of drug-likeness (QED) is 0.833. The second-order valence-electron chi connectivity index (χ2n) is 4.58. The molecule has 2 aromatic rings. The third-order valence-electron chi connectivity index (χ3n) is 2.91. The second kappa shape index (κ2) is 6.53. The molecule has 2 rings (SSSR count). The standard InChI is InChI=1S/C17H15NO2/c1-13(19)10-14-6-8-17(9-7-14)20-12-16-5-3-2-4-15(16)11-18/h2-9H,10,12H2,1H3. The molecular formula is C17H15NO2. The summed E-state index contributed by atoms with van der Waals surface area (Å²) in [6.45, 7) is 1.93. The Morgan fingerprint density at radius 2 is 1.85 bits per heavy atom. The van der Waals surface area contributed by atoms with Crippen LogP contribution in [0.25, 0.3) is 0 Å². The molecule has 0 N–H and O–H groups in total. The largest absolute Gasteiger partial charge is 0.489 e. The molecule has 0 atom stereocenters. The third-order valence-corrected chi connectivity index (χ3v) is 2.91. The first kappa shape index (κ1) is 13.8. The van der Waals surface area contributed by atoms with E-state index in [9.17, 15) is 4.79 Å². The van der Waals surface area contributed by atoms with Crippen LogP contribution >= 0.6 is 0 Å². The number of nitriles is 1. The van der Waals surface area contributed by atoms with Crippen molar-refractivity contribution in [3.05, 3.63) is 65.2 Å². The molecule has 0 aliphatic heterocycles. The van der Waals surface area contributed by atoms with Gasteiger partial charge in [-0.3, -0.25) is 4.79 Å². The second-order valence-corrected chi connectivity index (χ2v) is 4.58. The van der Waals surface area contributed by atoms with E-state index in [1.165, 1.54) is 0 Å². The lowest BCUT2D eigenvalue weighted by Gasteiger charge is -2.08. The molecular weight excluding hydrogens is 250 g/mol. The Hall–Kier alpha value is -2.60. The molecule has 3 nitrogen and oxygen atoms in total. The summed E-state index contributed by atoms with van der Waals surface area (Å²) in [7, 11) is 0. The Kier molecular flexibility index (Phi) is 4.52. The Morgan fingerprint density at radius 3 is 2.50 bits per heavy atom. The van der Waals surface area contributed by atoms with Gasteiger partial charge < -0.3 is 4.74 Å². The van der Waals surface area contributed by atoms with Gasteiger partial charge in [0.05, 0.1) is 11.6 Å². The summed E-state index contributed by atoms with van der Waals surface area (Å²) in [5.74, 6) is 0.867. The molecule has 0 aliphatic carbocycles. The van der Waals surface area contributed by atoms with Crippen molar-refractivity contribution in [2.45, 2.75) is 20.0 Å². The van der Waals surface area contributed by atoms with Gasteiger partial charge in [0.2, 0.25) is 0 Å². The zero-order valence-electron chi connectivity index (χ0n) is 11.3. The van der Waals surface area contributed by atoms with Crippen molar-refractivity contribution >= 4 is 5.78 Å². The van der Waals surface area contributed by atoms with Gasteiger partial charge >= 0.3 is 0 Å². The topological polar surface area (TPSA) is 50.1 Å². The van der Waals surface area contributed by atoms with Crippen LogP contribution in [0.5, 0.6) is 5.75 Å². The van der Waals surface area contributed by atoms with E-state index >= 15 is 0 Å². The molecule has 20 heavy (non-hydrogen) atoms. The van der Waals surface area contributed by atoms with E-state index in [1.807, 2.05) is 42.5 Å². The molecule has 0 amide bonds. The molecule has 0 bridgehead atoms. The molecule has 0 aliphatic rings. The van der Waals surface area contributed by atoms with E-state index in [2.05, 4.69) is 6.07 Å². The highest BCUT2D eigenvalue weighted by Gasteiger charge is 2.02. The number of benzene rings is 2. The predicted octanol–water partition coefficient (Wildman–Crippen LogP) is 3.27. The van der Waals surface area contributed by atoms with Crippen molar-refractivity contribution in [1.82, 2.24) is 0 Å². The van der Waals surface area contributed by atoms with Crippen molar-refractivity contribution in [1.29, 1.82) is 5.26 Å². The first-order valence-corrected chi connectivity index (χ1v) is 6.38.